The van der Waals surface area contributed by atoms with Crippen molar-refractivity contribution < 1.29 is 4.79 Å². The first kappa shape index (κ1) is 19.9. The van der Waals surface area contributed by atoms with E-state index < -0.39 is 0 Å². The fourth-order valence-electron chi connectivity index (χ4n) is 3.75. The van der Waals surface area contributed by atoms with Gasteiger partial charge in [0.25, 0.3) is 5.91 Å². The Morgan fingerprint density at radius 1 is 0.967 bits per heavy atom. The number of hydrogen-bond acceptors (Lipinski definition) is 3. The predicted molar refractivity (Wildman–Crippen MR) is 121 cm³/mol. The first-order chi connectivity index (χ1) is 14.8. The van der Waals surface area contributed by atoms with Crippen LogP contribution in [0.2, 0.25) is 0 Å². The highest BCUT2D eigenvalue weighted by Gasteiger charge is 2.13. The van der Waals surface area contributed by atoms with E-state index in [1.54, 1.807) is 6.20 Å². The average Bonchev–Trinajstić information content (AvgIpc) is 3.30. The molecule has 0 fully saturated rings. The minimum atomic E-state index is -0.0458. The van der Waals surface area contributed by atoms with Gasteiger partial charge in [-0.25, -0.2) is 4.98 Å². The Morgan fingerprint density at radius 2 is 1.77 bits per heavy atom. The van der Waals surface area contributed by atoms with Crippen LogP contribution in [-0.4, -0.2) is 29.0 Å². The number of carbonyl (C=O) groups excluding carboxylic acids is 1. The molecule has 5 nitrogen and oxygen atoms in total. The van der Waals surface area contributed by atoms with Crippen LogP contribution in [0, 0.1) is 0 Å². The number of aryl methyl sites for hydroxylation is 1. The third kappa shape index (κ3) is 4.42. The molecule has 4 aromatic rings. The number of benzene rings is 3. The molecular weight excluding hydrogens is 372 g/mol. The zero-order valence-electron chi connectivity index (χ0n) is 16.9. The Balaban J connectivity index is 1.53. The second kappa shape index (κ2) is 9.37. The van der Waals surface area contributed by atoms with Gasteiger partial charge in [-0.3, -0.25) is 4.79 Å². The topological polar surface area (TPSA) is 83.8 Å². The smallest absolute Gasteiger partial charge is 0.251 e. The summed E-state index contributed by atoms with van der Waals surface area (Å²) in [6.07, 6.45) is 6.08. The molecule has 0 aliphatic rings. The number of carbonyl (C=O) groups is 1. The van der Waals surface area contributed by atoms with Crippen molar-refractivity contribution in [3.63, 3.8) is 0 Å². The van der Waals surface area contributed by atoms with Gasteiger partial charge in [0.2, 0.25) is 0 Å². The lowest BCUT2D eigenvalue weighted by molar-refractivity contribution is 0.0955. The molecule has 4 rings (SSSR count). The number of imidazole rings is 1. The van der Waals surface area contributed by atoms with Gasteiger partial charge in [0.05, 0.1) is 0 Å². The molecule has 0 atom stereocenters. The molecule has 1 aromatic heterocycles. The lowest BCUT2D eigenvalue weighted by Crippen LogP contribution is -2.25. The summed E-state index contributed by atoms with van der Waals surface area (Å²) in [5.74, 6) is 0.895. The highest BCUT2D eigenvalue weighted by atomic mass is 16.1. The van der Waals surface area contributed by atoms with Gasteiger partial charge >= 0.3 is 0 Å². The van der Waals surface area contributed by atoms with E-state index in [-0.39, 0.29) is 5.91 Å². The number of rotatable bonds is 8. The van der Waals surface area contributed by atoms with Crippen molar-refractivity contribution in [3.05, 3.63) is 90.0 Å². The molecule has 1 amide bonds. The maximum atomic E-state index is 12.8. The molecule has 0 aliphatic carbocycles. The quantitative estimate of drug-likeness (QED) is 0.391. The lowest BCUT2D eigenvalue weighted by atomic mass is 9.94. The number of H-pyrrole nitrogens is 1. The molecule has 30 heavy (non-hydrogen) atoms. The highest BCUT2D eigenvalue weighted by molar-refractivity contribution is 6.10. The molecule has 1 heterocycles. The zero-order valence-corrected chi connectivity index (χ0v) is 16.9. The van der Waals surface area contributed by atoms with Crippen molar-refractivity contribution in [2.24, 2.45) is 5.73 Å². The normalized spacial score (nSPS) is 11.0. The van der Waals surface area contributed by atoms with Crippen molar-refractivity contribution in [2.45, 2.75) is 19.3 Å². The zero-order chi connectivity index (χ0) is 20.8. The second-order valence-electron chi connectivity index (χ2n) is 7.34. The minimum absolute atomic E-state index is 0.0458. The van der Waals surface area contributed by atoms with Crippen molar-refractivity contribution in [3.8, 4) is 11.1 Å². The van der Waals surface area contributed by atoms with Crippen LogP contribution in [-0.2, 0) is 12.8 Å². The molecule has 0 saturated carbocycles. The van der Waals surface area contributed by atoms with Crippen LogP contribution in [0.25, 0.3) is 21.9 Å². The van der Waals surface area contributed by atoms with E-state index in [9.17, 15) is 4.79 Å². The molecular formula is C25H26N4O. The maximum absolute atomic E-state index is 12.8. The molecule has 4 N–H and O–H groups in total. The monoisotopic (exact) mass is 398 g/mol. The van der Waals surface area contributed by atoms with Gasteiger partial charge in [0.1, 0.15) is 5.82 Å². The summed E-state index contributed by atoms with van der Waals surface area (Å²) >= 11 is 0. The number of nitrogens with zero attached hydrogens (tertiary/aromatic N) is 1. The molecule has 0 unspecified atom stereocenters. The molecule has 152 valence electrons. The Bertz CT molecular complexity index is 1120. The molecule has 0 aliphatic heterocycles. The van der Waals surface area contributed by atoms with Crippen LogP contribution >= 0.6 is 0 Å². The largest absolute Gasteiger partial charge is 0.352 e. The van der Waals surface area contributed by atoms with Gasteiger partial charge in [-0.05, 0) is 52.9 Å². The van der Waals surface area contributed by atoms with Crippen LogP contribution < -0.4 is 11.1 Å². The van der Waals surface area contributed by atoms with Crippen molar-refractivity contribution in [1.82, 2.24) is 15.3 Å². The van der Waals surface area contributed by atoms with Crippen LogP contribution in [0.15, 0.2) is 73.1 Å². The lowest BCUT2D eigenvalue weighted by Gasteiger charge is -2.12. The Morgan fingerprint density at radius 3 is 2.50 bits per heavy atom. The van der Waals surface area contributed by atoms with Crippen molar-refractivity contribution in [1.29, 1.82) is 0 Å². The summed E-state index contributed by atoms with van der Waals surface area (Å²) < 4.78 is 0. The van der Waals surface area contributed by atoms with Gasteiger partial charge in [0.15, 0.2) is 0 Å². The second-order valence-corrected chi connectivity index (χ2v) is 7.34. The van der Waals surface area contributed by atoms with E-state index in [1.165, 1.54) is 5.56 Å². The molecule has 0 radical (unpaired) electrons. The molecule has 0 saturated heterocycles. The van der Waals surface area contributed by atoms with Gasteiger partial charge in [-0.2, -0.15) is 0 Å². The number of aromatic amines is 1. The summed E-state index contributed by atoms with van der Waals surface area (Å²) in [4.78, 5) is 20.1. The van der Waals surface area contributed by atoms with E-state index >= 15 is 0 Å². The van der Waals surface area contributed by atoms with Gasteiger partial charge in [-0.1, -0.05) is 54.6 Å². The van der Waals surface area contributed by atoms with Crippen molar-refractivity contribution >= 4 is 16.7 Å². The van der Waals surface area contributed by atoms with Gasteiger partial charge in [-0.15, -0.1) is 0 Å². The summed E-state index contributed by atoms with van der Waals surface area (Å²) in [6.45, 7) is 1.26. The summed E-state index contributed by atoms with van der Waals surface area (Å²) in [5.41, 5.74) is 9.85. The third-order valence-corrected chi connectivity index (χ3v) is 5.30. The fourth-order valence-corrected chi connectivity index (χ4v) is 3.75. The van der Waals surface area contributed by atoms with E-state index in [1.807, 2.05) is 36.5 Å². The van der Waals surface area contributed by atoms with Crippen LogP contribution in [0.4, 0.5) is 0 Å². The summed E-state index contributed by atoms with van der Waals surface area (Å²) in [5, 5.41) is 5.08. The predicted octanol–water partition coefficient (Wildman–Crippen LogP) is 4.09. The SMILES string of the molecule is NCCc1ccc(-c2ccc(C(=O)NCCCc3ncc[nH]3)c3ccccc23)cc1. The van der Waals surface area contributed by atoms with E-state index in [2.05, 4.69) is 45.6 Å². The summed E-state index contributed by atoms with van der Waals surface area (Å²) in [7, 11) is 0. The number of nitrogens with one attached hydrogen (secondary N) is 2. The first-order valence-corrected chi connectivity index (χ1v) is 10.3. The van der Waals surface area contributed by atoms with E-state index in [0.717, 1.165) is 47.0 Å². The fraction of sp³-hybridized carbons (Fsp3) is 0.200. The Hall–Kier alpha value is -3.44. The summed E-state index contributed by atoms with van der Waals surface area (Å²) in [6, 6.07) is 20.5. The number of fused-ring (bicyclic) bond motifs is 1. The molecule has 3 aromatic carbocycles. The molecule has 5 heteroatoms. The van der Waals surface area contributed by atoms with Crippen LogP contribution in [0.1, 0.15) is 28.2 Å². The third-order valence-electron chi connectivity index (χ3n) is 5.30. The van der Waals surface area contributed by atoms with E-state index in [4.69, 9.17) is 5.73 Å². The van der Waals surface area contributed by atoms with E-state index in [0.29, 0.717) is 18.7 Å². The van der Waals surface area contributed by atoms with Crippen LogP contribution in [0.3, 0.4) is 0 Å². The number of nitrogens with two attached hydrogens (primary N) is 1. The molecule has 0 bridgehead atoms. The Labute approximate surface area is 176 Å². The Kier molecular flexibility index (Phi) is 6.20. The van der Waals surface area contributed by atoms with Crippen molar-refractivity contribution in [2.75, 3.05) is 13.1 Å². The number of aromatic nitrogens is 2. The molecule has 0 spiro atoms. The number of amides is 1. The standard InChI is InChI=1S/C25H26N4O/c26-14-13-18-7-9-19(10-8-18)20-11-12-23(22-5-2-1-4-21(20)22)25(30)29-15-3-6-24-27-16-17-28-24/h1-2,4-5,7-12,16-17H,3,6,13-15,26H2,(H,27,28)(H,29,30). The first-order valence-electron chi connectivity index (χ1n) is 10.3. The minimum Gasteiger partial charge on any atom is -0.352 e. The van der Waals surface area contributed by atoms with Gasteiger partial charge in [0, 0.05) is 30.9 Å². The highest BCUT2D eigenvalue weighted by Crippen LogP contribution is 2.31. The van der Waals surface area contributed by atoms with Gasteiger partial charge < -0.3 is 16.0 Å². The average molecular weight is 399 g/mol. The van der Waals surface area contributed by atoms with Crippen LogP contribution in [0.5, 0.6) is 0 Å². The maximum Gasteiger partial charge on any atom is 0.251 e. The number of hydrogen-bond donors (Lipinski definition) is 3.